The number of nitrogens with one attached hydrogen (secondary N) is 1. The van der Waals surface area contributed by atoms with Crippen LogP contribution in [0.4, 0.5) is 0 Å². The number of thioether (sulfide) groups is 1. The molecule has 3 heteroatoms. The van der Waals surface area contributed by atoms with E-state index >= 15 is 0 Å². The highest BCUT2D eigenvalue weighted by atomic mass is 32.2. The molecule has 0 amide bonds. The molecule has 78 valence electrons. The van der Waals surface area contributed by atoms with Crippen LogP contribution >= 0.6 is 11.8 Å². The quantitative estimate of drug-likeness (QED) is 0.664. The normalized spacial score (nSPS) is 29.1. The standard InChI is InChI=1S/C10H21NOS/c1-2-13-7-3-4-9-8-11-6-5-10(9)12/h9-12H,2-8H2,1H3. The average Bonchev–Trinajstić information content (AvgIpc) is 2.15. The first kappa shape index (κ1) is 11.3. The molecule has 13 heavy (non-hydrogen) atoms. The van der Waals surface area contributed by atoms with Crippen LogP contribution in [0.5, 0.6) is 0 Å². The first-order chi connectivity index (χ1) is 6.34. The van der Waals surface area contributed by atoms with Gasteiger partial charge in [0.15, 0.2) is 0 Å². The second-order valence-electron chi connectivity index (χ2n) is 3.66. The van der Waals surface area contributed by atoms with Crippen molar-refractivity contribution in [2.24, 2.45) is 5.92 Å². The zero-order chi connectivity index (χ0) is 9.52. The van der Waals surface area contributed by atoms with Gasteiger partial charge in [-0.25, -0.2) is 0 Å². The van der Waals surface area contributed by atoms with Crippen LogP contribution in [0.1, 0.15) is 26.2 Å². The SMILES string of the molecule is CCSCCCC1CNCCC1O. The Labute approximate surface area is 85.5 Å². The predicted molar refractivity (Wildman–Crippen MR) is 59.2 cm³/mol. The summed E-state index contributed by atoms with van der Waals surface area (Å²) >= 11 is 2.00. The van der Waals surface area contributed by atoms with Crippen LogP contribution in [0, 0.1) is 5.92 Å². The zero-order valence-electron chi connectivity index (χ0n) is 8.46. The van der Waals surface area contributed by atoms with Crippen molar-refractivity contribution >= 4 is 11.8 Å². The van der Waals surface area contributed by atoms with E-state index in [1.807, 2.05) is 11.8 Å². The van der Waals surface area contributed by atoms with E-state index in [0.29, 0.717) is 5.92 Å². The van der Waals surface area contributed by atoms with Gasteiger partial charge in [0.05, 0.1) is 6.10 Å². The fourth-order valence-electron chi connectivity index (χ4n) is 1.80. The second kappa shape index (κ2) is 6.68. The van der Waals surface area contributed by atoms with Crippen LogP contribution in [0.3, 0.4) is 0 Å². The topological polar surface area (TPSA) is 32.3 Å². The number of aliphatic hydroxyl groups is 1. The summed E-state index contributed by atoms with van der Waals surface area (Å²) in [4.78, 5) is 0. The maximum Gasteiger partial charge on any atom is 0.0592 e. The molecular weight excluding hydrogens is 182 g/mol. The zero-order valence-corrected chi connectivity index (χ0v) is 9.28. The van der Waals surface area contributed by atoms with Crippen LogP contribution in [0.25, 0.3) is 0 Å². The number of aliphatic hydroxyl groups excluding tert-OH is 1. The van der Waals surface area contributed by atoms with Crippen molar-refractivity contribution in [2.45, 2.75) is 32.3 Å². The van der Waals surface area contributed by atoms with Crippen molar-refractivity contribution in [3.63, 3.8) is 0 Å². The van der Waals surface area contributed by atoms with Gasteiger partial charge in [-0.1, -0.05) is 6.92 Å². The summed E-state index contributed by atoms with van der Waals surface area (Å²) in [5, 5.41) is 13.0. The van der Waals surface area contributed by atoms with Crippen molar-refractivity contribution < 1.29 is 5.11 Å². The van der Waals surface area contributed by atoms with Gasteiger partial charge in [-0.2, -0.15) is 11.8 Å². The van der Waals surface area contributed by atoms with Gasteiger partial charge in [-0.05, 0) is 43.2 Å². The number of hydrogen-bond donors (Lipinski definition) is 2. The van der Waals surface area contributed by atoms with Crippen molar-refractivity contribution in [3.8, 4) is 0 Å². The van der Waals surface area contributed by atoms with Crippen LogP contribution in [0.15, 0.2) is 0 Å². The molecule has 1 fully saturated rings. The molecule has 0 aliphatic carbocycles. The van der Waals surface area contributed by atoms with Gasteiger partial charge in [-0.3, -0.25) is 0 Å². The molecule has 1 rings (SSSR count). The Hall–Kier alpha value is 0.270. The van der Waals surface area contributed by atoms with Gasteiger partial charge in [0.25, 0.3) is 0 Å². The summed E-state index contributed by atoms with van der Waals surface area (Å²) in [6.07, 6.45) is 3.32. The van der Waals surface area contributed by atoms with E-state index in [0.717, 1.165) is 19.5 Å². The number of hydrogen-bond acceptors (Lipinski definition) is 3. The van der Waals surface area contributed by atoms with Gasteiger partial charge in [0.1, 0.15) is 0 Å². The molecule has 1 aliphatic rings. The minimum atomic E-state index is -0.0483. The number of rotatable bonds is 5. The highest BCUT2D eigenvalue weighted by Gasteiger charge is 2.21. The van der Waals surface area contributed by atoms with E-state index in [1.165, 1.54) is 24.3 Å². The van der Waals surface area contributed by atoms with Crippen LogP contribution in [-0.4, -0.2) is 35.8 Å². The van der Waals surface area contributed by atoms with E-state index in [2.05, 4.69) is 12.2 Å². The maximum absolute atomic E-state index is 9.68. The third kappa shape index (κ3) is 4.34. The number of piperidine rings is 1. The van der Waals surface area contributed by atoms with Gasteiger partial charge in [0, 0.05) is 6.54 Å². The van der Waals surface area contributed by atoms with E-state index in [9.17, 15) is 5.11 Å². The van der Waals surface area contributed by atoms with Gasteiger partial charge >= 0.3 is 0 Å². The predicted octanol–water partition coefficient (Wildman–Crippen LogP) is 1.49. The molecule has 1 saturated heterocycles. The average molecular weight is 203 g/mol. The highest BCUT2D eigenvalue weighted by Crippen LogP contribution is 2.18. The van der Waals surface area contributed by atoms with Crippen molar-refractivity contribution in [1.29, 1.82) is 0 Å². The van der Waals surface area contributed by atoms with Crippen LogP contribution < -0.4 is 5.32 Å². The first-order valence-corrected chi connectivity index (χ1v) is 6.46. The summed E-state index contributed by atoms with van der Waals surface area (Å²) in [5.74, 6) is 2.97. The molecule has 2 unspecified atom stereocenters. The fourth-order valence-corrected chi connectivity index (χ4v) is 2.45. The van der Waals surface area contributed by atoms with Crippen molar-refractivity contribution in [3.05, 3.63) is 0 Å². The monoisotopic (exact) mass is 203 g/mol. The molecule has 2 nitrogen and oxygen atoms in total. The largest absolute Gasteiger partial charge is 0.393 e. The Balaban J connectivity index is 2.05. The fraction of sp³-hybridized carbons (Fsp3) is 1.00. The molecule has 0 aromatic rings. The summed E-state index contributed by atoms with van der Waals surface area (Å²) in [7, 11) is 0. The molecular formula is C10H21NOS. The van der Waals surface area contributed by atoms with Gasteiger partial charge in [0.2, 0.25) is 0 Å². The smallest absolute Gasteiger partial charge is 0.0592 e. The lowest BCUT2D eigenvalue weighted by atomic mass is 9.92. The molecule has 0 saturated carbocycles. The Bertz CT molecular complexity index is 132. The third-order valence-corrected chi connectivity index (χ3v) is 3.62. The molecule has 0 spiro atoms. The molecule has 0 aromatic heterocycles. The summed E-state index contributed by atoms with van der Waals surface area (Å²) in [6, 6.07) is 0. The molecule has 2 N–H and O–H groups in total. The molecule has 1 heterocycles. The minimum Gasteiger partial charge on any atom is -0.393 e. The maximum atomic E-state index is 9.68. The van der Waals surface area contributed by atoms with Crippen molar-refractivity contribution in [1.82, 2.24) is 5.32 Å². The van der Waals surface area contributed by atoms with E-state index in [-0.39, 0.29) is 6.10 Å². The molecule has 0 bridgehead atoms. The van der Waals surface area contributed by atoms with Gasteiger partial charge in [-0.15, -0.1) is 0 Å². The third-order valence-electron chi connectivity index (χ3n) is 2.64. The van der Waals surface area contributed by atoms with E-state index < -0.39 is 0 Å². The highest BCUT2D eigenvalue weighted by molar-refractivity contribution is 7.99. The molecule has 0 aromatic carbocycles. The molecule has 1 aliphatic heterocycles. The van der Waals surface area contributed by atoms with Crippen molar-refractivity contribution in [2.75, 3.05) is 24.6 Å². The van der Waals surface area contributed by atoms with Crippen LogP contribution in [-0.2, 0) is 0 Å². The summed E-state index contributed by atoms with van der Waals surface area (Å²) in [5.41, 5.74) is 0. The second-order valence-corrected chi connectivity index (χ2v) is 5.05. The first-order valence-electron chi connectivity index (χ1n) is 5.31. The van der Waals surface area contributed by atoms with Crippen LogP contribution in [0.2, 0.25) is 0 Å². The lowest BCUT2D eigenvalue weighted by molar-refractivity contribution is 0.0743. The van der Waals surface area contributed by atoms with E-state index in [1.54, 1.807) is 0 Å². The Morgan fingerprint density at radius 3 is 3.08 bits per heavy atom. The van der Waals surface area contributed by atoms with Gasteiger partial charge < -0.3 is 10.4 Å². The minimum absolute atomic E-state index is 0.0483. The lowest BCUT2D eigenvalue weighted by Crippen LogP contribution is -2.39. The summed E-state index contributed by atoms with van der Waals surface area (Å²) < 4.78 is 0. The Morgan fingerprint density at radius 2 is 2.38 bits per heavy atom. The Morgan fingerprint density at radius 1 is 1.54 bits per heavy atom. The summed E-state index contributed by atoms with van der Waals surface area (Å²) in [6.45, 7) is 4.20. The molecule has 0 radical (unpaired) electrons. The lowest BCUT2D eigenvalue weighted by Gasteiger charge is -2.28. The Kier molecular flexibility index (Phi) is 5.83. The van der Waals surface area contributed by atoms with E-state index in [4.69, 9.17) is 0 Å². The molecule has 2 atom stereocenters.